The molecular weight excluding hydrogens is 444 g/mol. The van der Waals surface area contributed by atoms with E-state index in [1.54, 1.807) is 35.8 Å². The number of carbonyl (C=O) groups is 1. The van der Waals surface area contributed by atoms with Gasteiger partial charge in [0.2, 0.25) is 0 Å². The number of thiophene rings is 1. The number of benzene rings is 2. The van der Waals surface area contributed by atoms with Crippen molar-refractivity contribution in [3.63, 3.8) is 0 Å². The molecular formula is C25H28O5S2. The van der Waals surface area contributed by atoms with Gasteiger partial charge in [-0.25, -0.2) is 0 Å². The van der Waals surface area contributed by atoms with E-state index in [1.807, 2.05) is 54.9 Å². The van der Waals surface area contributed by atoms with Crippen LogP contribution < -0.4 is 9.47 Å². The van der Waals surface area contributed by atoms with E-state index < -0.39 is 29.2 Å². The van der Waals surface area contributed by atoms with Crippen molar-refractivity contribution >= 4 is 28.5 Å². The standard InChI is InChI=1S/C25H28O5S2/c1-4-19(25(26)27)13-22(21-8-6-5-7-17(21)2)30-23-14-20(9-10-24(23)32(3)28)29-15-18-11-12-31-16-18/h5-12,14,16,19,22H,4,13,15H2,1-3H3,(H,26,27). The smallest absolute Gasteiger partial charge is 0.306 e. The van der Waals surface area contributed by atoms with Crippen LogP contribution in [0.3, 0.4) is 0 Å². The molecule has 0 spiro atoms. The molecule has 3 unspecified atom stereocenters. The van der Waals surface area contributed by atoms with Crippen LogP contribution in [0.4, 0.5) is 0 Å². The Morgan fingerprint density at radius 3 is 2.62 bits per heavy atom. The molecule has 1 N–H and O–H groups in total. The van der Waals surface area contributed by atoms with Crippen LogP contribution in [-0.4, -0.2) is 21.9 Å². The summed E-state index contributed by atoms with van der Waals surface area (Å²) in [6.07, 6.45) is 1.92. The lowest BCUT2D eigenvalue weighted by molar-refractivity contribution is -0.142. The Kier molecular flexibility index (Phi) is 8.61. The van der Waals surface area contributed by atoms with Crippen LogP contribution in [0.15, 0.2) is 64.2 Å². The Bertz CT molecular complexity index is 1020. The molecule has 0 aliphatic rings. The van der Waals surface area contributed by atoms with Gasteiger partial charge >= 0.3 is 5.97 Å². The number of carboxylic acid groups (broad SMARTS) is 1. The van der Waals surface area contributed by atoms with Gasteiger partial charge in [-0.3, -0.25) is 4.79 Å². The summed E-state index contributed by atoms with van der Waals surface area (Å²) in [6, 6.07) is 15.1. The quantitative estimate of drug-likeness (QED) is 0.347. The second-order valence-electron chi connectivity index (χ2n) is 7.63. The molecule has 170 valence electrons. The van der Waals surface area contributed by atoms with Crippen molar-refractivity contribution in [3.05, 3.63) is 76.0 Å². The highest BCUT2D eigenvalue weighted by Gasteiger charge is 2.27. The minimum atomic E-state index is -1.28. The highest BCUT2D eigenvalue weighted by Crippen LogP contribution is 2.36. The molecule has 0 radical (unpaired) electrons. The highest BCUT2D eigenvalue weighted by molar-refractivity contribution is 7.90. The van der Waals surface area contributed by atoms with Crippen LogP contribution in [0.2, 0.25) is 0 Å². The fourth-order valence-corrected chi connectivity index (χ4v) is 4.79. The van der Waals surface area contributed by atoms with Gasteiger partial charge in [0.1, 0.15) is 24.7 Å². The average molecular weight is 473 g/mol. The van der Waals surface area contributed by atoms with E-state index in [0.29, 0.717) is 35.8 Å². The molecule has 3 aromatic rings. The lowest BCUT2D eigenvalue weighted by Gasteiger charge is -2.25. The third-order valence-electron chi connectivity index (χ3n) is 5.36. The first-order valence-electron chi connectivity index (χ1n) is 10.4. The van der Waals surface area contributed by atoms with E-state index in [-0.39, 0.29) is 0 Å². The van der Waals surface area contributed by atoms with Gasteiger partial charge in [-0.2, -0.15) is 11.3 Å². The zero-order valence-corrected chi connectivity index (χ0v) is 20.1. The molecule has 2 aromatic carbocycles. The number of carboxylic acids is 1. The SMILES string of the molecule is CCC(CC(Oc1cc(OCc2ccsc2)ccc1[S+](C)[O-])c1ccccc1C)C(=O)O. The molecule has 0 amide bonds. The van der Waals surface area contributed by atoms with E-state index in [0.717, 1.165) is 16.7 Å². The lowest BCUT2D eigenvalue weighted by atomic mass is 9.92. The predicted octanol–water partition coefficient (Wildman–Crippen LogP) is 5.99. The fourth-order valence-electron chi connectivity index (χ4n) is 3.49. The molecule has 0 saturated heterocycles. The highest BCUT2D eigenvalue weighted by atomic mass is 32.2. The Hall–Kier alpha value is -2.48. The van der Waals surface area contributed by atoms with Crippen molar-refractivity contribution in [2.45, 2.75) is 44.3 Å². The summed E-state index contributed by atoms with van der Waals surface area (Å²) < 4.78 is 24.7. The summed E-state index contributed by atoms with van der Waals surface area (Å²) in [5.74, 6) is -0.341. The van der Waals surface area contributed by atoms with Crippen molar-refractivity contribution in [1.82, 2.24) is 0 Å². The summed E-state index contributed by atoms with van der Waals surface area (Å²) in [5, 5.41) is 13.7. The first kappa shape index (κ1) is 24.2. The molecule has 1 heterocycles. The molecule has 5 nitrogen and oxygen atoms in total. The summed E-state index contributed by atoms with van der Waals surface area (Å²) in [6.45, 7) is 4.27. The number of rotatable bonds is 11. The van der Waals surface area contributed by atoms with E-state index in [9.17, 15) is 14.5 Å². The Labute approximate surface area is 196 Å². The summed E-state index contributed by atoms with van der Waals surface area (Å²) in [5.41, 5.74) is 3.01. The minimum absolute atomic E-state index is 0.312. The second kappa shape index (κ2) is 11.4. The third-order valence-corrected chi connectivity index (χ3v) is 7.04. The van der Waals surface area contributed by atoms with Crippen LogP contribution in [-0.2, 0) is 22.6 Å². The van der Waals surface area contributed by atoms with Gasteiger partial charge in [-0.15, -0.1) is 0 Å². The Morgan fingerprint density at radius 1 is 1.22 bits per heavy atom. The zero-order valence-electron chi connectivity index (χ0n) is 18.4. The minimum Gasteiger partial charge on any atom is -0.612 e. The molecule has 0 saturated carbocycles. The van der Waals surface area contributed by atoms with E-state index in [4.69, 9.17) is 9.47 Å². The largest absolute Gasteiger partial charge is 0.612 e. The monoisotopic (exact) mass is 472 g/mol. The van der Waals surface area contributed by atoms with Crippen molar-refractivity contribution in [1.29, 1.82) is 0 Å². The number of aryl methyl sites for hydroxylation is 1. The van der Waals surface area contributed by atoms with Gasteiger partial charge in [0.25, 0.3) is 0 Å². The molecule has 3 rings (SSSR count). The maximum absolute atomic E-state index is 12.4. The summed E-state index contributed by atoms with van der Waals surface area (Å²) in [4.78, 5) is 12.3. The fraction of sp³-hybridized carbons (Fsp3) is 0.320. The van der Waals surface area contributed by atoms with Gasteiger partial charge in [0.15, 0.2) is 10.6 Å². The molecule has 32 heavy (non-hydrogen) atoms. The van der Waals surface area contributed by atoms with Crippen LogP contribution in [0, 0.1) is 12.8 Å². The van der Waals surface area contributed by atoms with E-state index >= 15 is 0 Å². The van der Waals surface area contributed by atoms with Gasteiger partial charge < -0.3 is 19.1 Å². The van der Waals surface area contributed by atoms with Crippen molar-refractivity contribution < 1.29 is 23.9 Å². The van der Waals surface area contributed by atoms with Crippen LogP contribution in [0.25, 0.3) is 0 Å². The molecule has 0 aliphatic heterocycles. The number of ether oxygens (including phenoxy) is 2. The van der Waals surface area contributed by atoms with E-state index in [1.165, 1.54) is 0 Å². The molecule has 0 fully saturated rings. The molecule has 7 heteroatoms. The van der Waals surface area contributed by atoms with Crippen LogP contribution in [0.5, 0.6) is 11.5 Å². The first-order chi connectivity index (χ1) is 15.4. The van der Waals surface area contributed by atoms with Crippen molar-refractivity contribution in [2.75, 3.05) is 6.26 Å². The molecule has 0 bridgehead atoms. The van der Waals surface area contributed by atoms with Gasteiger partial charge in [-0.05, 0) is 64.1 Å². The zero-order chi connectivity index (χ0) is 23.1. The number of hydrogen-bond acceptors (Lipinski definition) is 5. The number of hydrogen-bond donors (Lipinski definition) is 1. The summed E-state index contributed by atoms with van der Waals surface area (Å²) >= 11 is 0.330. The second-order valence-corrected chi connectivity index (χ2v) is 9.75. The molecule has 1 aromatic heterocycles. The van der Waals surface area contributed by atoms with Gasteiger partial charge in [0, 0.05) is 18.6 Å². The third kappa shape index (κ3) is 6.28. The molecule has 0 aliphatic carbocycles. The average Bonchev–Trinajstić information content (AvgIpc) is 3.29. The maximum Gasteiger partial charge on any atom is 0.306 e. The maximum atomic E-state index is 12.4. The van der Waals surface area contributed by atoms with Gasteiger partial charge in [-0.1, -0.05) is 31.2 Å². The Balaban J connectivity index is 1.92. The van der Waals surface area contributed by atoms with Crippen molar-refractivity contribution in [3.8, 4) is 11.5 Å². The van der Waals surface area contributed by atoms with Crippen LogP contribution >= 0.6 is 11.3 Å². The number of aliphatic carboxylic acids is 1. The predicted molar refractivity (Wildman–Crippen MR) is 128 cm³/mol. The normalized spacial score (nSPS) is 13.9. The topological polar surface area (TPSA) is 78.8 Å². The lowest BCUT2D eigenvalue weighted by Crippen LogP contribution is -2.20. The van der Waals surface area contributed by atoms with E-state index in [2.05, 4.69) is 0 Å². The van der Waals surface area contributed by atoms with Crippen LogP contribution in [0.1, 0.15) is 42.6 Å². The van der Waals surface area contributed by atoms with Crippen molar-refractivity contribution in [2.24, 2.45) is 5.92 Å². The Morgan fingerprint density at radius 2 is 2.00 bits per heavy atom. The first-order valence-corrected chi connectivity index (χ1v) is 13.0. The summed E-state index contributed by atoms with van der Waals surface area (Å²) in [7, 11) is 0. The van der Waals surface area contributed by atoms with Gasteiger partial charge in [0.05, 0.1) is 5.92 Å². The molecule has 3 atom stereocenters.